The Balaban J connectivity index is 2.03. The van der Waals surface area contributed by atoms with Crippen molar-refractivity contribution in [2.45, 2.75) is 19.3 Å². The predicted octanol–water partition coefficient (Wildman–Crippen LogP) is 4.46. The minimum atomic E-state index is -0.219. The maximum Gasteiger partial charge on any atom is 0.305 e. The van der Waals surface area contributed by atoms with Gasteiger partial charge in [0.25, 0.3) is 0 Å². The number of carbonyl (C=O) groups excluding carboxylic acids is 1. The van der Waals surface area contributed by atoms with Gasteiger partial charge in [-0.05, 0) is 41.2 Å². The van der Waals surface area contributed by atoms with E-state index in [4.69, 9.17) is 14.2 Å². The Morgan fingerprint density at radius 1 is 0.862 bits per heavy atom. The van der Waals surface area contributed by atoms with Gasteiger partial charge < -0.3 is 14.2 Å². The number of carbonyl (C=O) groups is 1. The van der Waals surface area contributed by atoms with Gasteiger partial charge >= 0.3 is 5.97 Å². The second-order valence-electron chi connectivity index (χ2n) is 6.64. The number of aryl methyl sites for hydroxylation is 1. The lowest BCUT2D eigenvalue weighted by atomic mass is 9.92. The Bertz CT molecular complexity index is 970. The summed E-state index contributed by atoms with van der Waals surface area (Å²) in [6.07, 6.45) is 1.73. The van der Waals surface area contributed by atoms with E-state index in [-0.39, 0.29) is 5.97 Å². The van der Waals surface area contributed by atoms with Crippen LogP contribution in [-0.2, 0) is 22.4 Å². The Morgan fingerprint density at radius 2 is 1.66 bits per heavy atom. The highest BCUT2D eigenvalue weighted by Gasteiger charge is 2.15. The van der Waals surface area contributed by atoms with Crippen LogP contribution in [0.2, 0.25) is 0 Å². The highest BCUT2D eigenvalue weighted by atomic mass is 16.5. The van der Waals surface area contributed by atoms with Crippen LogP contribution in [-0.4, -0.2) is 32.3 Å². The van der Waals surface area contributed by atoms with Gasteiger partial charge in [0.15, 0.2) is 0 Å². The number of pyridine rings is 1. The number of rotatable bonds is 8. The van der Waals surface area contributed by atoms with Gasteiger partial charge in [-0.25, -0.2) is 0 Å². The molecule has 3 aromatic rings. The molecule has 5 heteroatoms. The van der Waals surface area contributed by atoms with Gasteiger partial charge in [-0.1, -0.05) is 48.5 Å². The number of nitrogens with zero attached hydrogens (tertiary/aromatic N) is 1. The number of methoxy groups -OCH3 is 3. The average Bonchev–Trinajstić information content (AvgIpc) is 2.78. The van der Waals surface area contributed by atoms with Crippen LogP contribution in [0.3, 0.4) is 0 Å². The molecule has 0 N–H and O–H groups in total. The van der Waals surface area contributed by atoms with E-state index in [0.717, 1.165) is 28.7 Å². The Labute approximate surface area is 171 Å². The third-order valence-electron chi connectivity index (χ3n) is 4.78. The molecule has 0 radical (unpaired) electrons. The summed E-state index contributed by atoms with van der Waals surface area (Å²) in [5.74, 6) is 0.782. The fourth-order valence-electron chi connectivity index (χ4n) is 3.25. The molecule has 5 nitrogen and oxygen atoms in total. The van der Waals surface area contributed by atoms with Crippen molar-refractivity contribution in [1.82, 2.24) is 4.98 Å². The van der Waals surface area contributed by atoms with Gasteiger partial charge in [0.2, 0.25) is 11.8 Å². The largest absolute Gasteiger partial charge is 0.481 e. The van der Waals surface area contributed by atoms with E-state index < -0.39 is 0 Å². The molecule has 0 atom stereocenters. The zero-order valence-electron chi connectivity index (χ0n) is 17.0. The molecule has 0 saturated heterocycles. The number of ether oxygens (including phenoxy) is 3. The molecule has 0 aliphatic heterocycles. The smallest absolute Gasteiger partial charge is 0.305 e. The van der Waals surface area contributed by atoms with Crippen molar-refractivity contribution < 1.29 is 19.0 Å². The fourth-order valence-corrected chi connectivity index (χ4v) is 3.25. The summed E-state index contributed by atoms with van der Waals surface area (Å²) in [4.78, 5) is 16.0. The van der Waals surface area contributed by atoms with Gasteiger partial charge in [0, 0.05) is 18.1 Å². The molecule has 3 rings (SSSR count). The topological polar surface area (TPSA) is 57.7 Å². The first kappa shape index (κ1) is 20.4. The van der Waals surface area contributed by atoms with E-state index in [1.807, 2.05) is 30.3 Å². The quantitative estimate of drug-likeness (QED) is 0.531. The molecule has 0 aliphatic carbocycles. The predicted molar refractivity (Wildman–Crippen MR) is 112 cm³/mol. The van der Waals surface area contributed by atoms with Crippen LogP contribution in [0, 0.1) is 0 Å². The maximum atomic E-state index is 11.6. The van der Waals surface area contributed by atoms with Crippen molar-refractivity contribution >= 4 is 5.97 Å². The Morgan fingerprint density at radius 3 is 2.34 bits per heavy atom. The summed E-state index contributed by atoms with van der Waals surface area (Å²) >= 11 is 0. The Kier molecular flexibility index (Phi) is 6.85. The van der Waals surface area contributed by atoms with Crippen LogP contribution >= 0.6 is 0 Å². The fraction of sp³-hybridized carbons (Fsp3) is 0.250. The second kappa shape index (κ2) is 9.73. The van der Waals surface area contributed by atoms with Crippen LogP contribution in [0.4, 0.5) is 0 Å². The third-order valence-corrected chi connectivity index (χ3v) is 4.78. The maximum absolute atomic E-state index is 11.6. The molecule has 150 valence electrons. The molecular weight excluding hydrogens is 366 g/mol. The molecule has 0 bridgehead atoms. The van der Waals surface area contributed by atoms with Crippen LogP contribution in [0.5, 0.6) is 11.8 Å². The average molecular weight is 391 g/mol. The van der Waals surface area contributed by atoms with E-state index in [1.54, 1.807) is 14.2 Å². The molecule has 0 saturated carbocycles. The number of hydrogen-bond acceptors (Lipinski definition) is 5. The molecule has 0 fully saturated rings. The van der Waals surface area contributed by atoms with E-state index >= 15 is 0 Å². The van der Waals surface area contributed by atoms with Gasteiger partial charge in [0.1, 0.15) is 0 Å². The van der Waals surface area contributed by atoms with Crippen molar-refractivity contribution in [1.29, 1.82) is 0 Å². The minimum absolute atomic E-state index is 0.219. The molecule has 0 unspecified atom stereocenters. The molecule has 1 heterocycles. The lowest BCUT2D eigenvalue weighted by molar-refractivity contribution is -0.140. The first-order valence-electron chi connectivity index (χ1n) is 9.46. The van der Waals surface area contributed by atoms with Gasteiger partial charge in [-0.3, -0.25) is 4.79 Å². The van der Waals surface area contributed by atoms with Gasteiger partial charge in [0.05, 0.1) is 21.3 Å². The highest BCUT2D eigenvalue weighted by molar-refractivity contribution is 5.74. The van der Waals surface area contributed by atoms with Gasteiger partial charge in [-0.2, -0.15) is 4.98 Å². The Hall–Kier alpha value is -3.34. The van der Waals surface area contributed by atoms with Crippen molar-refractivity contribution in [2.24, 2.45) is 0 Å². The van der Waals surface area contributed by atoms with Crippen LogP contribution < -0.4 is 9.47 Å². The van der Waals surface area contributed by atoms with Crippen molar-refractivity contribution in [3.8, 4) is 22.9 Å². The van der Waals surface area contributed by atoms with Gasteiger partial charge in [-0.15, -0.1) is 0 Å². The van der Waals surface area contributed by atoms with Crippen LogP contribution in [0.15, 0.2) is 60.7 Å². The molecule has 0 amide bonds. The van der Waals surface area contributed by atoms with E-state index in [2.05, 4.69) is 35.3 Å². The lowest BCUT2D eigenvalue weighted by Gasteiger charge is -2.15. The summed E-state index contributed by atoms with van der Waals surface area (Å²) in [6, 6.07) is 20.4. The van der Waals surface area contributed by atoms with Crippen molar-refractivity contribution in [3.05, 3.63) is 77.4 Å². The summed E-state index contributed by atoms with van der Waals surface area (Å²) in [7, 11) is 4.59. The second-order valence-corrected chi connectivity index (χ2v) is 6.64. The summed E-state index contributed by atoms with van der Waals surface area (Å²) in [6.45, 7) is 0. The minimum Gasteiger partial charge on any atom is -0.481 e. The van der Waals surface area contributed by atoms with E-state index in [1.165, 1.54) is 12.7 Å². The third kappa shape index (κ3) is 5.13. The molecule has 0 aliphatic rings. The first-order chi connectivity index (χ1) is 14.1. The summed E-state index contributed by atoms with van der Waals surface area (Å²) in [5.41, 5.74) is 5.35. The monoisotopic (exact) mass is 391 g/mol. The molecule has 29 heavy (non-hydrogen) atoms. The number of esters is 1. The summed E-state index contributed by atoms with van der Waals surface area (Å²) < 4.78 is 15.5. The molecule has 2 aromatic carbocycles. The molecule has 1 aromatic heterocycles. The van der Waals surface area contributed by atoms with Crippen molar-refractivity contribution in [2.75, 3.05) is 21.3 Å². The zero-order valence-corrected chi connectivity index (χ0v) is 17.0. The van der Waals surface area contributed by atoms with Crippen LogP contribution in [0.1, 0.15) is 23.1 Å². The van der Waals surface area contributed by atoms with Crippen LogP contribution in [0.25, 0.3) is 11.1 Å². The SMILES string of the molecule is COC(=O)CCc1ccc(Cc2ccccc2)c(-c2ccc(OC)nc2OC)c1. The standard InChI is InChI=1S/C24H25NO4/c1-27-22-13-12-20(24(25-22)29-3)21-16-18(10-14-23(26)28-2)9-11-19(21)15-17-7-5-4-6-8-17/h4-9,11-13,16H,10,14-15H2,1-3H3. The number of hydrogen-bond donors (Lipinski definition) is 0. The highest BCUT2D eigenvalue weighted by Crippen LogP contribution is 2.34. The van der Waals surface area contributed by atoms with Crippen molar-refractivity contribution in [3.63, 3.8) is 0 Å². The first-order valence-corrected chi connectivity index (χ1v) is 9.46. The number of aromatic nitrogens is 1. The number of benzene rings is 2. The lowest BCUT2D eigenvalue weighted by Crippen LogP contribution is -2.03. The molecular formula is C24H25NO4. The zero-order chi connectivity index (χ0) is 20.6. The summed E-state index contributed by atoms with van der Waals surface area (Å²) in [5, 5.41) is 0. The normalized spacial score (nSPS) is 10.4. The van der Waals surface area contributed by atoms with E-state index in [9.17, 15) is 4.79 Å². The molecule has 0 spiro atoms. The van der Waals surface area contributed by atoms with E-state index in [0.29, 0.717) is 24.6 Å².